The van der Waals surface area contributed by atoms with E-state index in [1.165, 1.54) is 0 Å². The Balaban J connectivity index is 1.82. The zero-order valence-corrected chi connectivity index (χ0v) is 13.2. The van der Waals surface area contributed by atoms with E-state index in [4.69, 9.17) is 4.74 Å². The predicted molar refractivity (Wildman–Crippen MR) is 86.9 cm³/mol. The molecule has 3 rings (SSSR count). The number of carbonyl (C=O) groups excluding carboxylic acids is 1. The minimum Gasteiger partial charge on any atom is -0.466 e. The first-order chi connectivity index (χ1) is 11.1. The second-order valence-electron chi connectivity index (χ2n) is 5.91. The number of ether oxygens (including phenoxy) is 1. The summed E-state index contributed by atoms with van der Waals surface area (Å²) in [4.78, 5) is 25.0. The van der Waals surface area contributed by atoms with E-state index in [-0.39, 0.29) is 22.5 Å². The van der Waals surface area contributed by atoms with Crippen molar-refractivity contribution in [2.24, 2.45) is 5.92 Å². The number of piperidine rings is 1. The van der Waals surface area contributed by atoms with Crippen molar-refractivity contribution in [1.82, 2.24) is 0 Å². The molecular formula is C16H21N3O4. The fraction of sp³-hybridized carbons (Fsp3) is 0.562. The van der Waals surface area contributed by atoms with Crippen molar-refractivity contribution in [3.05, 3.63) is 27.8 Å². The summed E-state index contributed by atoms with van der Waals surface area (Å²) < 4.78 is 5.08. The first-order valence-electron chi connectivity index (χ1n) is 8.07. The summed E-state index contributed by atoms with van der Waals surface area (Å²) in [6.07, 6.45) is 2.14. The van der Waals surface area contributed by atoms with E-state index < -0.39 is 0 Å². The van der Waals surface area contributed by atoms with Crippen molar-refractivity contribution in [2.45, 2.75) is 26.2 Å². The summed E-state index contributed by atoms with van der Waals surface area (Å²) in [6, 6.07) is 3.36. The number of nitrogens with one attached hydrogen (secondary N) is 1. The molecule has 1 fully saturated rings. The molecule has 0 aromatic heterocycles. The molecule has 1 N–H and O–H groups in total. The Labute approximate surface area is 134 Å². The molecule has 1 aromatic rings. The molecule has 0 spiro atoms. The highest BCUT2D eigenvalue weighted by atomic mass is 16.6. The average Bonchev–Trinajstić information content (AvgIpc) is 3.02. The molecule has 0 amide bonds. The highest BCUT2D eigenvalue weighted by Gasteiger charge is 2.32. The Morgan fingerprint density at radius 2 is 2.17 bits per heavy atom. The van der Waals surface area contributed by atoms with E-state index in [1.807, 2.05) is 0 Å². The predicted octanol–water partition coefficient (Wildman–Crippen LogP) is 2.34. The van der Waals surface area contributed by atoms with Crippen LogP contribution in [-0.2, 0) is 16.0 Å². The van der Waals surface area contributed by atoms with Gasteiger partial charge in [0, 0.05) is 37.0 Å². The van der Waals surface area contributed by atoms with Crippen molar-refractivity contribution < 1.29 is 14.5 Å². The van der Waals surface area contributed by atoms with Gasteiger partial charge in [-0.1, -0.05) is 0 Å². The second-order valence-corrected chi connectivity index (χ2v) is 5.91. The number of carbonyl (C=O) groups is 1. The number of esters is 1. The van der Waals surface area contributed by atoms with Gasteiger partial charge < -0.3 is 15.0 Å². The van der Waals surface area contributed by atoms with Crippen LogP contribution in [0.5, 0.6) is 0 Å². The van der Waals surface area contributed by atoms with Crippen LogP contribution in [-0.4, -0.2) is 37.1 Å². The SMILES string of the molecule is CCOC(=O)C1CCN(c2c([N+](=O)[O-])ccc3c2CCN3)CC1. The number of nitro groups is 1. The smallest absolute Gasteiger partial charge is 0.309 e. The van der Waals surface area contributed by atoms with Crippen LogP contribution in [0.1, 0.15) is 25.3 Å². The van der Waals surface area contributed by atoms with Crippen molar-refractivity contribution in [3.8, 4) is 0 Å². The molecule has 0 radical (unpaired) electrons. The van der Waals surface area contributed by atoms with Crippen molar-refractivity contribution in [1.29, 1.82) is 0 Å². The number of anilines is 2. The fourth-order valence-electron chi connectivity index (χ4n) is 3.46. The van der Waals surface area contributed by atoms with Crippen LogP contribution in [0.2, 0.25) is 0 Å². The molecule has 2 aliphatic rings. The van der Waals surface area contributed by atoms with Gasteiger partial charge in [0.05, 0.1) is 17.4 Å². The zero-order valence-electron chi connectivity index (χ0n) is 13.2. The lowest BCUT2D eigenvalue weighted by Gasteiger charge is -2.33. The van der Waals surface area contributed by atoms with Gasteiger partial charge in [0.1, 0.15) is 5.69 Å². The molecule has 0 atom stereocenters. The number of rotatable bonds is 4. The average molecular weight is 319 g/mol. The molecule has 0 saturated carbocycles. The number of nitro benzene ring substituents is 1. The van der Waals surface area contributed by atoms with Gasteiger partial charge in [-0.05, 0) is 32.3 Å². The first-order valence-corrected chi connectivity index (χ1v) is 8.07. The van der Waals surface area contributed by atoms with E-state index in [0.717, 1.165) is 29.9 Å². The standard InChI is InChI=1S/C16H21N3O4/c1-2-23-16(20)11-6-9-18(10-7-11)15-12-5-8-17-13(12)3-4-14(15)19(21)22/h3-4,11,17H,2,5-10H2,1H3. The van der Waals surface area contributed by atoms with Gasteiger partial charge in [-0.2, -0.15) is 0 Å². The van der Waals surface area contributed by atoms with Gasteiger partial charge in [-0.15, -0.1) is 0 Å². The van der Waals surface area contributed by atoms with Gasteiger partial charge in [0.15, 0.2) is 0 Å². The highest BCUT2D eigenvalue weighted by Crippen LogP contribution is 2.40. The topological polar surface area (TPSA) is 84.7 Å². The molecule has 2 aliphatic heterocycles. The molecular weight excluding hydrogens is 298 g/mol. The Morgan fingerprint density at radius 1 is 1.43 bits per heavy atom. The quantitative estimate of drug-likeness (QED) is 0.521. The largest absolute Gasteiger partial charge is 0.466 e. The number of hydrogen-bond donors (Lipinski definition) is 1. The van der Waals surface area contributed by atoms with Crippen LogP contribution < -0.4 is 10.2 Å². The van der Waals surface area contributed by atoms with E-state index in [1.54, 1.807) is 19.1 Å². The molecule has 2 heterocycles. The Morgan fingerprint density at radius 3 is 2.83 bits per heavy atom. The van der Waals surface area contributed by atoms with Gasteiger partial charge in [0.2, 0.25) is 0 Å². The van der Waals surface area contributed by atoms with E-state index in [0.29, 0.717) is 32.5 Å². The van der Waals surface area contributed by atoms with E-state index >= 15 is 0 Å². The molecule has 1 aromatic carbocycles. The van der Waals surface area contributed by atoms with Gasteiger partial charge in [-0.25, -0.2) is 0 Å². The Kier molecular flexibility index (Phi) is 4.36. The highest BCUT2D eigenvalue weighted by molar-refractivity contribution is 5.79. The molecule has 0 unspecified atom stereocenters. The van der Waals surface area contributed by atoms with Crippen molar-refractivity contribution in [2.75, 3.05) is 36.5 Å². The van der Waals surface area contributed by atoms with Crippen LogP contribution in [0.3, 0.4) is 0 Å². The number of fused-ring (bicyclic) bond motifs is 1. The summed E-state index contributed by atoms with van der Waals surface area (Å²) in [7, 11) is 0. The number of nitrogens with zero attached hydrogens (tertiary/aromatic N) is 2. The van der Waals surface area contributed by atoms with Gasteiger partial charge in [-0.3, -0.25) is 14.9 Å². The third kappa shape index (κ3) is 2.95. The third-order valence-corrected chi connectivity index (χ3v) is 4.58. The lowest BCUT2D eigenvalue weighted by molar-refractivity contribution is -0.384. The lowest BCUT2D eigenvalue weighted by atomic mass is 9.95. The molecule has 23 heavy (non-hydrogen) atoms. The van der Waals surface area contributed by atoms with Crippen LogP contribution in [0.4, 0.5) is 17.1 Å². The van der Waals surface area contributed by atoms with Crippen LogP contribution in [0.25, 0.3) is 0 Å². The monoisotopic (exact) mass is 319 g/mol. The van der Waals surface area contributed by atoms with Gasteiger partial charge >= 0.3 is 5.97 Å². The van der Waals surface area contributed by atoms with Crippen LogP contribution >= 0.6 is 0 Å². The van der Waals surface area contributed by atoms with Gasteiger partial charge in [0.25, 0.3) is 5.69 Å². The minimum absolute atomic E-state index is 0.0971. The Hall–Kier alpha value is -2.31. The summed E-state index contributed by atoms with van der Waals surface area (Å²) in [5.41, 5.74) is 2.88. The van der Waals surface area contributed by atoms with Crippen molar-refractivity contribution in [3.63, 3.8) is 0 Å². The molecule has 0 aliphatic carbocycles. The number of hydrogen-bond acceptors (Lipinski definition) is 6. The molecule has 124 valence electrons. The second kappa shape index (κ2) is 6.44. The van der Waals surface area contributed by atoms with Crippen LogP contribution in [0, 0.1) is 16.0 Å². The molecule has 1 saturated heterocycles. The molecule has 7 nitrogen and oxygen atoms in total. The summed E-state index contributed by atoms with van der Waals surface area (Å²) in [5.74, 6) is -0.248. The zero-order chi connectivity index (χ0) is 16.4. The maximum absolute atomic E-state index is 11.8. The minimum atomic E-state index is -0.314. The summed E-state index contributed by atoms with van der Waals surface area (Å²) >= 11 is 0. The molecule has 7 heteroatoms. The maximum atomic E-state index is 11.8. The summed E-state index contributed by atoms with van der Waals surface area (Å²) in [6.45, 7) is 4.28. The third-order valence-electron chi connectivity index (χ3n) is 4.58. The first kappa shape index (κ1) is 15.6. The fourth-order valence-corrected chi connectivity index (χ4v) is 3.46. The van der Waals surface area contributed by atoms with E-state index in [9.17, 15) is 14.9 Å². The molecule has 0 bridgehead atoms. The number of benzene rings is 1. The van der Waals surface area contributed by atoms with Crippen molar-refractivity contribution >= 4 is 23.0 Å². The van der Waals surface area contributed by atoms with E-state index in [2.05, 4.69) is 10.2 Å². The Bertz CT molecular complexity index is 624. The van der Waals surface area contributed by atoms with Crippen LogP contribution in [0.15, 0.2) is 12.1 Å². The summed E-state index contributed by atoms with van der Waals surface area (Å²) in [5, 5.41) is 14.7. The normalized spacial score (nSPS) is 17.5. The maximum Gasteiger partial charge on any atom is 0.309 e. The lowest BCUT2D eigenvalue weighted by Crippen LogP contribution is -2.37.